The summed E-state index contributed by atoms with van der Waals surface area (Å²) < 4.78 is 6.23. The first-order valence-electron chi connectivity index (χ1n) is 4.23. The molecule has 0 fully saturated rings. The van der Waals surface area contributed by atoms with Gasteiger partial charge in [0.15, 0.2) is 11.5 Å². The third-order valence-corrected chi connectivity index (χ3v) is 4.21. The van der Waals surface area contributed by atoms with E-state index in [9.17, 15) is 5.11 Å². The number of nitrogens with two attached hydrogens (primary N) is 2. The van der Waals surface area contributed by atoms with Gasteiger partial charge in [0.05, 0.1) is 11.6 Å². The fourth-order valence-corrected chi connectivity index (χ4v) is 2.18. The smallest absolute Gasteiger partial charge is 0.173 e. The molecule has 0 saturated heterocycles. The Morgan fingerprint density at radius 2 is 2.00 bits per heavy atom. The van der Waals surface area contributed by atoms with Crippen molar-refractivity contribution < 1.29 is 9.84 Å². The topological polar surface area (TPSA) is 81.5 Å². The molecule has 1 aromatic rings. The Labute approximate surface area is 117 Å². The van der Waals surface area contributed by atoms with Crippen molar-refractivity contribution in [3.05, 3.63) is 20.6 Å². The molecule has 92 valence electrons. The molecule has 16 heavy (non-hydrogen) atoms. The molecule has 4 nitrogen and oxygen atoms in total. The average Bonchev–Trinajstić information content (AvgIpc) is 2.25. The van der Waals surface area contributed by atoms with Crippen LogP contribution in [0.1, 0.15) is 11.6 Å². The first kappa shape index (κ1) is 16.0. The van der Waals surface area contributed by atoms with Gasteiger partial charge in [-0.05, 0) is 43.5 Å². The van der Waals surface area contributed by atoms with Crippen molar-refractivity contribution in [3.63, 3.8) is 0 Å². The van der Waals surface area contributed by atoms with Gasteiger partial charge in [-0.1, -0.05) is 0 Å². The van der Waals surface area contributed by atoms with Gasteiger partial charge >= 0.3 is 0 Å². The molecule has 1 atom stereocenters. The second-order valence-corrected chi connectivity index (χ2v) is 4.57. The van der Waals surface area contributed by atoms with E-state index in [0.717, 1.165) is 5.56 Å². The van der Waals surface area contributed by atoms with E-state index in [2.05, 4.69) is 31.9 Å². The summed E-state index contributed by atoms with van der Waals surface area (Å²) >= 11 is 6.58. The van der Waals surface area contributed by atoms with Crippen LogP contribution in [0.2, 0.25) is 0 Å². The predicted octanol–water partition coefficient (Wildman–Crippen LogP) is 2.31. The number of rotatable bonds is 3. The Bertz CT molecular complexity index is 377. The summed E-state index contributed by atoms with van der Waals surface area (Å²) in [4.78, 5) is 0. The molecule has 0 saturated carbocycles. The molecule has 0 heterocycles. The number of hydrogen-bond acceptors (Lipinski definition) is 4. The Kier molecular flexibility index (Phi) is 6.65. The zero-order valence-electron chi connectivity index (χ0n) is 8.54. The molecule has 0 aliphatic heterocycles. The lowest BCUT2D eigenvalue weighted by Crippen LogP contribution is -2.21. The maximum atomic E-state index is 9.68. The van der Waals surface area contributed by atoms with Crippen LogP contribution in [0, 0.1) is 0 Å². The van der Waals surface area contributed by atoms with E-state index in [-0.39, 0.29) is 24.2 Å². The van der Waals surface area contributed by atoms with E-state index >= 15 is 0 Å². The first-order chi connectivity index (χ1) is 7.02. The summed E-state index contributed by atoms with van der Waals surface area (Å²) in [5, 5.41) is 9.68. The quantitative estimate of drug-likeness (QED) is 0.756. The number of hydrogen-bond donors (Lipinski definition) is 3. The van der Waals surface area contributed by atoms with Crippen LogP contribution in [-0.4, -0.2) is 18.8 Å². The largest absolute Gasteiger partial charge is 0.503 e. The molecule has 0 unspecified atom stereocenters. The molecule has 0 bridgehead atoms. The van der Waals surface area contributed by atoms with Crippen LogP contribution in [0.3, 0.4) is 0 Å². The number of benzene rings is 1. The van der Waals surface area contributed by atoms with Gasteiger partial charge in [-0.15, -0.1) is 12.4 Å². The van der Waals surface area contributed by atoms with E-state index in [1.807, 2.05) is 0 Å². The van der Waals surface area contributed by atoms with E-state index in [0.29, 0.717) is 21.2 Å². The molecule has 0 aliphatic carbocycles. The van der Waals surface area contributed by atoms with Crippen molar-refractivity contribution in [2.45, 2.75) is 6.04 Å². The summed E-state index contributed by atoms with van der Waals surface area (Å²) in [6.07, 6.45) is 0. The van der Waals surface area contributed by atoms with E-state index in [1.54, 1.807) is 6.07 Å². The van der Waals surface area contributed by atoms with Crippen LogP contribution in [0.15, 0.2) is 15.0 Å². The van der Waals surface area contributed by atoms with Crippen molar-refractivity contribution >= 4 is 44.3 Å². The Morgan fingerprint density at radius 1 is 1.44 bits per heavy atom. The minimum absolute atomic E-state index is 0. The lowest BCUT2D eigenvalue weighted by Gasteiger charge is -2.15. The Morgan fingerprint density at radius 3 is 2.44 bits per heavy atom. The fourth-order valence-electron chi connectivity index (χ4n) is 1.16. The van der Waals surface area contributed by atoms with Gasteiger partial charge in [0, 0.05) is 17.1 Å². The highest BCUT2D eigenvalue weighted by Crippen LogP contribution is 2.42. The molecule has 0 spiro atoms. The number of phenols is 1. The van der Waals surface area contributed by atoms with Crippen LogP contribution in [0.25, 0.3) is 0 Å². The fraction of sp³-hybridized carbons (Fsp3) is 0.333. The van der Waals surface area contributed by atoms with Gasteiger partial charge in [-0.3, -0.25) is 0 Å². The first-order valence-corrected chi connectivity index (χ1v) is 5.82. The SMILES string of the molecule is COc1cc([C@@H](N)CN)c(Br)c(Br)c1O.Cl. The maximum Gasteiger partial charge on any atom is 0.173 e. The standard InChI is InChI=1S/C9H12Br2N2O2.ClH/c1-15-6-2-4(5(13)3-12)7(10)8(11)9(6)14;/h2,5,14H,3,12-13H2,1H3;1H/t5-;/m0./s1. The van der Waals surface area contributed by atoms with Gasteiger partial charge < -0.3 is 21.3 Å². The summed E-state index contributed by atoms with van der Waals surface area (Å²) in [5.74, 6) is 0.404. The summed E-state index contributed by atoms with van der Waals surface area (Å²) in [6, 6.07) is 1.37. The monoisotopic (exact) mass is 374 g/mol. The van der Waals surface area contributed by atoms with Crippen LogP contribution in [-0.2, 0) is 0 Å². The molecule has 5 N–H and O–H groups in total. The van der Waals surface area contributed by atoms with Gasteiger partial charge in [-0.25, -0.2) is 0 Å². The summed E-state index contributed by atoms with van der Waals surface area (Å²) in [7, 11) is 1.48. The summed E-state index contributed by atoms with van der Waals surface area (Å²) in [6.45, 7) is 0.318. The third kappa shape index (κ3) is 3.01. The van der Waals surface area contributed by atoms with Crippen molar-refractivity contribution in [2.75, 3.05) is 13.7 Å². The number of ether oxygens (including phenoxy) is 1. The van der Waals surface area contributed by atoms with Crippen molar-refractivity contribution in [3.8, 4) is 11.5 Å². The lowest BCUT2D eigenvalue weighted by atomic mass is 10.1. The minimum atomic E-state index is -0.301. The number of aromatic hydroxyl groups is 1. The van der Waals surface area contributed by atoms with Gasteiger partial charge in [0.25, 0.3) is 0 Å². The predicted molar refractivity (Wildman–Crippen MR) is 73.3 cm³/mol. The van der Waals surface area contributed by atoms with Crippen LogP contribution in [0.5, 0.6) is 11.5 Å². The zero-order chi connectivity index (χ0) is 11.6. The van der Waals surface area contributed by atoms with Gasteiger partial charge in [0.2, 0.25) is 0 Å². The van der Waals surface area contributed by atoms with Crippen LogP contribution < -0.4 is 16.2 Å². The molecule has 1 rings (SSSR count). The molecule has 0 amide bonds. The van der Waals surface area contributed by atoms with E-state index < -0.39 is 0 Å². The van der Waals surface area contributed by atoms with Crippen LogP contribution in [0.4, 0.5) is 0 Å². The van der Waals surface area contributed by atoms with Gasteiger partial charge in [-0.2, -0.15) is 0 Å². The lowest BCUT2D eigenvalue weighted by molar-refractivity contribution is 0.370. The van der Waals surface area contributed by atoms with Crippen molar-refractivity contribution in [1.82, 2.24) is 0 Å². The molecule has 7 heteroatoms. The average molecular weight is 376 g/mol. The van der Waals surface area contributed by atoms with E-state index in [4.69, 9.17) is 16.2 Å². The van der Waals surface area contributed by atoms with Gasteiger partial charge in [0.1, 0.15) is 0 Å². The van der Waals surface area contributed by atoms with E-state index in [1.165, 1.54) is 7.11 Å². The highest BCUT2D eigenvalue weighted by atomic mass is 79.9. The molecule has 0 radical (unpaired) electrons. The number of methoxy groups -OCH3 is 1. The zero-order valence-corrected chi connectivity index (χ0v) is 12.5. The highest BCUT2D eigenvalue weighted by Gasteiger charge is 2.17. The second kappa shape index (κ2) is 6.66. The summed E-state index contributed by atoms with van der Waals surface area (Å²) in [5.41, 5.74) is 12.1. The Hall–Kier alpha value is -0.0100. The molecule has 1 aromatic carbocycles. The molecule has 0 aromatic heterocycles. The minimum Gasteiger partial charge on any atom is -0.503 e. The number of phenolic OH excluding ortho intramolecular Hbond substituents is 1. The van der Waals surface area contributed by atoms with Crippen molar-refractivity contribution in [2.24, 2.45) is 11.5 Å². The Balaban J connectivity index is 0.00000225. The molecular formula is C9H13Br2ClN2O2. The van der Waals surface area contributed by atoms with Crippen LogP contribution >= 0.6 is 44.3 Å². The molecular weight excluding hydrogens is 363 g/mol. The highest BCUT2D eigenvalue weighted by molar-refractivity contribution is 9.13. The number of halogens is 3. The third-order valence-electron chi connectivity index (χ3n) is 2.05. The molecule has 0 aliphatic rings. The normalized spacial score (nSPS) is 11.8. The van der Waals surface area contributed by atoms with Crippen molar-refractivity contribution in [1.29, 1.82) is 0 Å². The maximum absolute atomic E-state index is 9.68. The second-order valence-electron chi connectivity index (χ2n) is 2.99.